The predicted octanol–water partition coefficient (Wildman–Crippen LogP) is 6.71. The third-order valence-electron chi connectivity index (χ3n) is 6.24. The smallest absolute Gasteiger partial charge is 0.106 e. The number of nitrogens with two attached hydrogens (primary N) is 1. The zero-order valence-electron chi connectivity index (χ0n) is 18.9. The quantitative estimate of drug-likeness (QED) is 0.445. The first-order chi connectivity index (χ1) is 14.3. The van der Waals surface area contributed by atoms with Gasteiger partial charge < -0.3 is 16.0 Å². The molecule has 1 aliphatic rings. The lowest BCUT2D eigenvalue weighted by atomic mass is 9.87. The highest BCUT2D eigenvalue weighted by molar-refractivity contribution is 7.99. The van der Waals surface area contributed by atoms with Crippen molar-refractivity contribution in [2.45, 2.75) is 69.3 Å². The van der Waals surface area contributed by atoms with Crippen LogP contribution in [0.4, 0.5) is 11.4 Å². The maximum atomic E-state index is 7.16. The fourth-order valence-electron chi connectivity index (χ4n) is 4.00. The van der Waals surface area contributed by atoms with E-state index in [1.165, 1.54) is 15.5 Å². The van der Waals surface area contributed by atoms with Crippen LogP contribution >= 0.6 is 24.0 Å². The maximum Gasteiger partial charge on any atom is 0.106 e. The molecule has 0 aliphatic carbocycles. The van der Waals surface area contributed by atoms with Crippen LogP contribution in [0.2, 0.25) is 0 Å². The first kappa shape index (κ1) is 23.1. The number of benzene rings is 2. The highest BCUT2D eigenvalue weighted by Crippen LogP contribution is 2.52. The number of rotatable bonds is 8. The molecule has 2 atom stereocenters. The van der Waals surface area contributed by atoms with Crippen LogP contribution in [0.3, 0.4) is 0 Å². The zero-order chi connectivity index (χ0) is 21.9. The Bertz CT molecular complexity index is 896. The van der Waals surface area contributed by atoms with Crippen LogP contribution in [0.15, 0.2) is 52.3 Å². The summed E-state index contributed by atoms with van der Waals surface area (Å²) in [7, 11) is 0. The molecule has 1 heterocycles. The first-order valence-corrected chi connectivity index (χ1v) is 12.3. The second kappa shape index (κ2) is 9.71. The van der Waals surface area contributed by atoms with E-state index in [1.54, 1.807) is 0 Å². The van der Waals surface area contributed by atoms with Crippen molar-refractivity contribution in [3.8, 4) is 0 Å². The van der Waals surface area contributed by atoms with E-state index in [0.717, 1.165) is 42.0 Å². The fraction of sp³-hybridized carbons (Fsp3) is 0.480. The summed E-state index contributed by atoms with van der Waals surface area (Å²) >= 11 is 7.54. The number of para-hydroxylation sites is 1. The Morgan fingerprint density at radius 2 is 1.80 bits per heavy atom. The lowest BCUT2D eigenvalue weighted by molar-refractivity contribution is 0.276. The molecule has 0 saturated heterocycles. The minimum Gasteiger partial charge on any atom is -0.376 e. The molecule has 2 aromatic rings. The Morgan fingerprint density at radius 1 is 1.10 bits per heavy atom. The monoisotopic (exact) mass is 441 g/mol. The number of anilines is 2. The van der Waals surface area contributed by atoms with Crippen LogP contribution < -0.4 is 16.0 Å². The summed E-state index contributed by atoms with van der Waals surface area (Å²) in [6.45, 7) is 12.0. The van der Waals surface area contributed by atoms with Gasteiger partial charge in [0.15, 0.2) is 0 Å². The third-order valence-corrected chi connectivity index (χ3v) is 7.75. The molecule has 0 bridgehead atoms. The second-order valence-electron chi connectivity index (χ2n) is 8.68. The Labute approximate surface area is 191 Å². The molecule has 0 amide bonds. The molecule has 0 fully saturated rings. The zero-order valence-corrected chi connectivity index (χ0v) is 20.5. The minimum atomic E-state index is -0.466. The molecular weight excluding hydrogens is 406 g/mol. The van der Waals surface area contributed by atoms with E-state index in [0.29, 0.717) is 11.8 Å². The van der Waals surface area contributed by atoms with E-state index >= 15 is 0 Å². The van der Waals surface area contributed by atoms with E-state index in [1.807, 2.05) is 11.8 Å². The van der Waals surface area contributed by atoms with Crippen LogP contribution in [0.1, 0.15) is 59.4 Å². The fourth-order valence-corrected chi connectivity index (χ4v) is 5.27. The van der Waals surface area contributed by atoms with Crippen LogP contribution in [0, 0.1) is 11.8 Å². The number of hydrogen-bond donors (Lipinski definition) is 2. The van der Waals surface area contributed by atoms with Gasteiger partial charge in [-0.05, 0) is 48.9 Å². The Hall–Kier alpha value is -1.56. The van der Waals surface area contributed by atoms with Crippen molar-refractivity contribution in [2.24, 2.45) is 17.6 Å². The molecule has 1 aliphatic heterocycles. The summed E-state index contributed by atoms with van der Waals surface area (Å²) in [4.78, 5) is 5.67. The second-order valence-corrected chi connectivity index (χ2v) is 10.2. The Morgan fingerprint density at radius 3 is 2.47 bits per heavy atom. The number of hydrogen-bond acceptors (Lipinski definition) is 4. The van der Waals surface area contributed by atoms with Gasteiger partial charge in [0, 0.05) is 21.9 Å². The van der Waals surface area contributed by atoms with Gasteiger partial charge in [0.25, 0.3) is 0 Å². The van der Waals surface area contributed by atoms with Crippen molar-refractivity contribution in [1.82, 2.24) is 5.32 Å². The molecule has 30 heavy (non-hydrogen) atoms. The van der Waals surface area contributed by atoms with Gasteiger partial charge in [0.2, 0.25) is 0 Å². The summed E-state index contributed by atoms with van der Waals surface area (Å²) in [6, 6.07) is 15.1. The highest BCUT2D eigenvalue weighted by Gasteiger charge is 2.40. The van der Waals surface area contributed by atoms with Gasteiger partial charge in [-0.2, -0.15) is 0 Å². The van der Waals surface area contributed by atoms with Gasteiger partial charge in [-0.15, -0.1) is 0 Å². The van der Waals surface area contributed by atoms with Gasteiger partial charge in [0.05, 0.1) is 17.0 Å². The first-order valence-electron chi connectivity index (χ1n) is 11.1. The van der Waals surface area contributed by atoms with Crippen molar-refractivity contribution >= 4 is 40.3 Å². The molecule has 3 N–H and O–H groups in total. The van der Waals surface area contributed by atoms with Crippen molar-refractivity contribution in [3.63, 3.8) is 0 Å². The van der Waals surface area contributed by atoms with Crippen LogP contribution in [0.5, 0.6) is 0 Å². The summed E-state index contributed by atoms with van der Waals surface area (Å²) in [5, 5.41) is 3.43. The van der Waals surface area contributed by atoms with E-state index < -0.39 is 5.66 Å². The summed E-state index contributed by atoms with van der Waals surface area (Å²) < 4.78 is 0. The van der Waals surface area contributed by atoms with Crippen molar-refractivity contribution in [2.75, 3.05) is 11.4 Å². The van der Waals surface area contributed by atoms with Crippen LogP contribution in [-0.4, -0.2) is 17.2 Å². The standard InChI is InChI=1S/C25H35N3S2/c1-6-18(5)25(26,7-2)28-20-10-8-9-11-22(20)30-23-13-12-19(16-21(23)28)24(29)27-15-14-17(3)4/h8-13,16-18H,6-7,14-15,26H2,1-5H3,(H,27,29). The van der Waals surface area contributed by atoms with E-state index in [9.17, 15) is 0 Å². The maximum absolute atomic E-state index is 7.16. The summed E-state index contributed by atoms with van der Waals surface area (Å²) in [6.07, 6.45) is 3.00. The lowest BCUT2D eigenvalue weighted by Crippen LogP contribution is -2.58. The molecule has 3 nitrogen and oxygen atoms in total. The van der Waals surface area contributed by atoms with Crippen molar-refractivity contribution < 1.29 is 0 Å². The Kier molecular flexibility index (Phi) is 7.48. The summed E-state index contributed by atoms with van der Waals surface area (Å²) in [5.41, 5.74) is 10.1. The van der Waals surface area contributed by atoms with Gasteiger partial charge in [-0.1, -0.05) is 83.2 Å². The largest absolute Gasteiger partial charge is 0.376 e. The predicted molar refractivity (Wildman–Crippen MR) is 135 cm³/mol. The van der Waals surface area contributed by atoms with Crippen molar-refractivity contribution in [1.29, 1.82) is 0 Å². The molecule has 162 valence electrons. The minimum absolute atomic E-state index is 0.339. The molecule has 5 heteroatoms. The molecular formula is C25H35N3S2. The highest BCUT2D eigenvalue weighted by atomic mass is 32.2. The van der Waals surface area contributed by atoms with E-state index in [4.69, 9.17) is 18.0 Å². The van der Waals surface area contributed by atoms with E-state index in [2.05, 4.69) is 87.3 Å². The lowest BCUT2D eigenvalue weighted by Gasteiger charge is -2.48. The Balaban J connectivity index is 2.04. The molecule has 2 aromatic carbocycles. The molecule has 0 saturated carbocycles. The normalized spacial score (nSPS) is 15.9. The number of nitrogens with one attached hydrogen (secondary N) is 1. The van der Waals surface area contributed by atoms with Gasteiger partial charge in [0.1, 0.15) is 4.99 Å². The summed E-state index contributed by atoms with van der Waals surface area (Å²) in [5.74, 6) is 0.997. The van der Waals surface area contributed by atoms with Gasteiger partial charge >= 0.3 is 0 Å². The van der Waals surface area contributed by atoms with Crippen molar-refractivity contribution in [3.05, 3.63) is 48.0 Å². The number of fused-ring (bicyclic) bond motifs is 2. The number of nitrogens with zero attached hydrogens (tertiary/aromatic N) is 1. The number of thiocarbonyl (C=S) groups is 1. The molecule has 0 aromatic heterocycles. The average molecular weight is 442 g/mol. The van der Waals surface area contributed by atoms with Crippen LogP contribution in [-0.2, 0) is 0 Å². The molecule has 0 spiro atoms. The average Bonchev–Trinajstić information content (AvgIpc) is 2.75. The molecule has 3 rings (SSSR count). The van der Waals surface area contributed by atoms with E-state index in [-0.39, 0.29) is 0 Å². The molecule has 2 unspecified atom stereocenters. The molecule has 0 radical (unpaired) electrons. The SMILES string of the molecule is CCC(C)C(N)(CC)N1c2ccccc2Sc2ccc(C(=S)NCCC(C)C)cc21. The third kappa shape index (κ3) is 4.53. The van der Waals surface area contributed by atoms with Gasteiger partial charge in [-0.3, -0.25) is 0 Å². The topological polar surface area (TPSA) is 41.3 Å². The van der Waals surface area contributed by atoms with Crippen LogP contribution in [0.25, 0.3) is 0 Å². The van der Waals surface area contributed by atoms with Gasteiger partial charge in [-0.25, -0.2) is 0 Å².